The Balaban J connectivity index is 2.59. The molecular formula is C9H11NO7. The second-order valence-corrected chi connectivity index (χ2v) is 3.05. The quantitative estimate of drug-likeness (QED) is 0.612. The lowest BCUT2D eigenvalue weighted by Gasteiger charge is -2.05. The number of aromatic hydroxyl groups is 3. The number of nitrogens with zero attached hydrogens (tertiary/aromatic N) is 1. The number of hydrogen-bond acceptors (Lipinski definition) is 7. The lowest BCUT2D eigenvalue weighted by Crippen LogP contribution is -2.19. The van der Waals surface area contributed by atoms with Gasteiger partial charge in [0.2, 0.25) is 5.88 Å². The van der Waals surface area contributed by atoms with Gasteiger partial charge in [-0.15, -0.1) is 4.73 Å². The van der Waals surface area contributed by atoms with Crippen LogP contribution < -0.4 is 4.84 Å². The number of methoxy groups -OCH3 is 1. The van der Waals surface area contributed by atoms with Crippen LogP contribution in [0.2, 0.25) is 0 Å². The van der Waals surface area contributed by atoms with Gasteiger partial charge in [-0.05, 0) is 0 Å². The number of aromatic nitrogens is 1. The van der Waals surface area contributed by atoms with E-state index in [1.54, 1.807) is 0 Å². The predicted octanol–water partition coefficient (Wildman–Crippen LogP) is -0.487. The van der Waals surface area contributed by atoms with Crippen LogP contribution in [0.3, 0.4) is 0 Å². The summed E-state index contributed by atoms with van der Waals surface area (Å²) >= 11 is 0. The fraction of sp³-hybridized carbons (Fsp3) is 0.333. The van der Waals surface area contributed by atoms with E-state index < -0.39 is 29.4 Å². The minimum absolute atomic E-state index is 0.190. The highest BCUT2D eigenvalue weighted by Gasteiger charge is 2.18. The van der Waals surface area contributed by atoms with Gasteiger partial charge in [0.25, 0.3) is 5.88 Å². The van der Waals surface area contributed by atoms with Gasteiger partial charge in [-0.1, -0.05) is 0 Å². The number of ether oxygens (including phenoxy) is 1. The minimum atomic E-state index is -0.878. The smallest absolute Gasteiger partial charge is 0.333 e. The second kappa shape index (κ2) is 5.10. The molecule has 0 atom stereocenters. The zero-order valence-corrected chi connectivity index (χ0v) is 8.91. The van der Waals surface area contributed by atoms with E-state index in [9.17, 15) is 14.7 Å². The lowest BCUT2D eigenvalue weighted by molar-refractivity contribution is -0.150. The average molecular weight is 245 g/mol. The molecule has 1 rings (SSSR count). The SMILES string of the molecule is COC(=O)CCC(=O)On1c(O)cc(O)c1O. The van der Waals surface area contributed by atoms with E-state index in [-0.39, 0.29) is 12.8 Å². The highest BCUT2D eigenvalue weighted by atomic mass is 16.7. The summed E-state index contributed by atoms with van der Waals surface area (Å²) in [5, 5.41) is 27.3. The molecule has 0 aromatic carbocycles. The molecule has 8 nitrogen and oxygen atoms in total. The average Bonchev–Trinajstić information content (AvgIpc) is 2.53. The van der Waals surface area contributed by atoms with E-state index in [1.807, 2.05) is 0 Å². The Bertz CT molecular complexity index is 437. The maximum absolute atomic E-state index is 11.2. The molecule has 0 radical (unpaired) electrons. The van der Waals surface area contributed by atoms with Crippen LogP contribution >= 0.6 is 0 Å². The molecule has 0 aliphatic rings. The maximum atomic E-state index is 11.2. The maximum Gasteiger partial charge on any atom is 0.333 e. The summed E-state index contributed by atoms with van der Waals surface area (Å²) in [6.07, 6.45) is -0.478. The van der Waals surface area contributed by atoms with Crippen molar-refractivity contribution in [2.45, 2.75) is 12.8 Å². The van der Waals surface area contributed by atoms with Crippen LogP contribution in [0.5, 0.6) is 17.5 Å². The van der Waals surface area contributed by atoms with Gasteiger partial charge >= 0.3 is 11.9 Å². The summed E-state index contributed by atoms with van der Waals surface area (Å²) in [4.78, 5) is 26.4. The molecule has 17 heavy (non-hydrogen) atoms. The Morgan fingerprint density at radius 2 is 1.82 bits per heavy atom. The molecule has 0 aliphatic carbocycles. The topological polar surface area (TPSA) is 118 Å². The Kier molecular flexibility index (Phi) is 3.81. The number of esters is 1. The van der Waals surface area contributed by atoms with Crippen molar-refractivity contribution in [2.75, 3.05) is 7.11 Å². The van der Waals surface area contributed by atoms with Gasteiger partial charge in [0.15, 0.2) is 5.75 Å². The minimum Gasteiger partial charge on any atom is -0.503 e. The fourth-order valence-electron chi connectivity index (χ4n) is 1.00. The van der Waals surface area contributed by atoms with E-state index >= 15 is 0 Å². The third-order valence-electron chi connectivity index (χ3n) is 1.85. The first kappa shape index (κ1) is 12.7. The normalized spacial score (nSPS) is 9.94. The van der Waals surface area contributed by atoms with E-state index in [0.29, 0.717) is 4.73 Å². The summed E-state index contributed by atoms with van der Waals surface area (Å²) in [5.74, 6) is -3.56. The molecule has 0 spiro atoms. The van der Waals surface area contributed by atoms with Crippen molar-refractivity contribution in [3.8, 4) is 17.5 Å². The molecule has 3 N–H and O–H groups in total. The van der Waals surface area contributed by atoms with Crippen molar-refractivity contribution in [3.63, 3.8) is 0 Å². The number of carbonyl (C=O) groups is 2. The van der Waals surface area contributed by atoms with Gasteiger partial charge in [-0.2, -0.15) is 0 Å². The van der Waals surface area contributed by atoms with Crippen molar-refractivity contribution in [1.82, 2.24) is 4.73 Å². The van der Waals surface area contributed by atoms with Gasteiger partial charge < -0.3 is 24.9 Å². The predicted molar refractivity (Wildman–Crippen MR) is 52.3 cm³/mol. The van der Waals surface area contributed by atoms with Gasteiger partial charge in [0.1, 0.15) is 0 Å². The van der Waals surface area contributed by atoms with Crippen molar-refractivity contribution in [2.24, 2.45) is 0 Å². The first-order valence-corrected chi connectivity index (χ1v) is 4.56. The molecule has 0 aliphatic heterocycles. The van der Waals surface area contributed by atoms with Crippen molar-refractivity contribution < 1.29 is 34.5 Å². The molecule has 94 valence electrons. The molecule has 1 heterocycles. The molecule has 0 fully saturated rings. The van der Waals surface area contributed by atoms with Crippen LogP contribution in [0.25, 0.3) is 0 Å². The number of rotatable bonds is 4. The van der Waals surface area contributed by atoms with E-state index in [4.69, 9.17) is 10.2 Å². The number of hydrogen-bond donors (Lipinski definition) is 3. The van der Waals surface area contributed by atoms with Gasteiger partial charge in [0, 0.05) is 6.07 Å². The van der Waals surface area contributed by atoms with Crippen LogP contribution in [0.4, 0.5) is 0 Å². The fourth-order valence-corrected chi connectivity index (χ4v) is 1.00. The Morgan fingerprint density at radius 3 is 2.29 bits per heavy atom. The highest BCUT2D eigenvalue weighted by molar-refractivity contribution is 5.77. The second-order valence-electron chi connectivity index (χ2n) is 3.05. The molecule has 0 amide bonds. The molecule has 1 aromatic rings. The van der Waals surface area contributed by atoms with Gasteiger partial charge in [-0.3, -0.25) is 4.79 Å². The molecule has 0 unspecified atom stereocenters. The lowest BCUT2D eigenvalue weighted by atomic mass is 10.3. The van der Waals surface area contributed by atoms with E-state index in [0.717, 1.165) is 6.07 Å². The third kappa shape index (κ3) is 3.03. The van der Waals surface area contributed by atoms with Crippen LogP contribution in [0.15, 0.2) is 6.07 Å². The largest absolute Gasteiger partial charge is 0.503 e. The molecule has 0 bridgehead atoms. The molecule has 8 heteroatoms. The van der Waals surface area contributed by atoms with Crippen LogP contribution in [0.1, 0.15) is 12.8 Å². The summed E-state index contributed by atoms with van der Waals surface area (Å²) in [6.45, 7) is 0. The van der Waals surface area contributed by atoms with Crippen molar-refractivity contribution in [3.05, 3.63) is 6.07 Å². The van der Waals surface area contributed by atoms with Gasteiger partial charge in [0.05, 0.1) is 20.0 Å². The molecule has 0 saturated carbocycles. The zero-order valence-electron chi connectivity index (χ0n) is 8.91. The summed E-state index contributed by atoms with van der Waals surface area (Å²) < 4.78 is 4.65. The Labute approximate surface area is 95.6 Å². The molecular weight excluding hydrogens is 234 g/mol. The van der Waals surface area contributed by atoms with E-state index in [2.05, 4.69) is 9.57 Å². The van der Waals surface area contributed by atoms with Crippen molar-refractivity contribution >= 4 is 11.9 Å². The first-order chi connectivity index (χ1) is 7.95. The highest BCUT2D eigenvalue weighted by Crippen LogP contribution is 2.31. The monoisotopic (exact) mass is 245 g/mol. The first-order valence-electron chi connectivity index (χ1n) is 4.56. The third-order valence-corrected chi connectivity index (χ3v) is 1.85. The molecule has 1 aromatic heterocycles. The summed E-state index contributed by atoms with van der Waals surface area (Å²) in [6, 6.07) is 0.795. The summed E-state index contributed by atoms with van der Waals surface area (Å²) in [5.41, 5.74) is 0. The van der Waals surface area contributed by atoms with E-state index in [1.165, 1.54) is 7.11 Å². The standard InChI is InChI=1S/C9H11NO7/c1-16-7(13)2-3-8(14)17-10-6(12)4-5(11)9(10)15/h4,11-12,15H,2-3H2,1H3. The van der Waals surface area contributed by atoms with Crippen LogP contribution in [-0.2, 0) is 14.3 Å². The zero-order chi connectivity index (χ0) is 13.0. The van der Waals surface area contributed by atoms with Crippen LogP contribution in [-0.4, -0.2) is 39.1 Å². The summed E-state index contributed by atoms with van der Waals surface area (Å²) in [7, 11) is 1.18. The Hall–Kier alpha value is -2.38. The number of carbonyl (C=O) groups excluding carboxylic acids is 2. The Morgan fingerprint density at radius 1 is 1.24 bits per heavy atom. The molecule has 0 saturated heterocycles. The van der Waals surface area contributed by atoms with Crippen molar-refractivity contribution in [1.29, 1.82) is 0 Å². The van der Waals surface area contributed by atoms with Crippen LogP contribution in [0, 0.1) is 0 Å². The van der Waals surface area contributed by atoms with Gasteiger partial charge in [-0.25, -0.2) is 4.79 Å².